The SMILES string of the molecule is O=C(NC1CCCSC1)c1cn(C2CNC2)nn1. The molecule has 2 aliphatic heterocycles. The number of amides is 1. The Balaban J connectivity index is 1.59. The number of carbonyl (C=O) groups excluding carboxylic acids is 1. The lowest BCUT2D eigenvalue weighted by molar-refractivity contribution is 0.0933. The number of hydrogen-bond acceptors (Lipinski definition) is 5. The molecule has 0 radical (unpaired) electrons. The first-order chi connectivity index (χ1) is 8.83. The van der Waals surface area contributed by atoms with Crippen LogP contribution in [0.25, 0.3) is 0 Å². The summed E-state index contributed by atoms with van der Waals surface area (Å²) >= 11 is 1.90. The molecule has 2 fully saturated rings. The van der Waals surface area contributed by atoms with Crippen molar-refractivity contribution in [1.82, 2.24) is 25.6 Å². The smallest absolute Gasteiger partial charge is 0.273 e. The van der Waals surface area contributed by atoms with Crippen molar-refractivity contribution < 1.29 is 4.79 Å². The van der Waals surface area contributed by atoms with Gasteiger partial charge < -0.3 is 10.6 Å². The fourth-order valence-electron chi connectivity index (χ4n) is 2.13. The molecule has 0 bridgehead atoms. The van der Waals surface area contributed by atoms with Crippen molar-refractivity contribution in [3.8, 4) is 0 Å². The van der Waals surface area contributed by atoms with Crippen LogP contribution in [-0.2, 0) is 0 Å². The molecule has 7 heteroatoms. The fraction of sp³-hybridized carbons (Fsp3) is 0.727. The molecule has 0 aromatic carbocycles. The van der Waals surface area contributed by atoms with E-state index in [0.29, 0.717) is 11.7 Å². The molecule has 3 rings (SSSR count). The largest absolute Gasteiger partial charge is 0.347 e. The zero-order valence-electron chi connectivity index (χ0n) is 10.1. The van der Waals surface area contributed by atoms with Gasteiger partial charge in [0.2, 0.25) is 0 Å². The minimum atomic E-state index is -0.0963. The Morgan fingerprint density at radius 2 is 2.44 bits per heavy atom. The molecule has 2 N–H and O–H groups in total. The topological polar surface area (TPSA) is 71.8 Å². The molecule has 6 nitrogen and oxygen atoms in total. The number of thioether (sulfide) groups is 1. The van der Waals surface area contributed by atoms with E-state index >= 15 is 0 Å². The molecule has 1 aromatic rings. The number of aromatic nitrogens is 3. The highest BCUT2D eigenvalue weighted by Crippen LogP contribution is 2.17. The number of carbonyl (C=O) groups is 1. The lowest BCUT2D eigenvalue weighted by Gasteiger charge is -2.26. The van der Waals surface area contributed by atoms with Gasteiger partial charge in [0.1, 0.15) is 0 Å². The van der Waals surface area contributed by atoms with Crippen molar-refractivity contribution in [3.63, 3.8) is 0 Å². The first-order valence-corrected chi connectivity index (χ1v) is 7.49. The Kier molecular flexibility index (Phi) is 3.51. The number of nitrogens with one attached hydrogen (secondary N) is 2. The van der Waals surface area contributed by atoms with E-state index in [0.717, 1.165) is 25.3 Å². The fourth-order valence-corrected chi connectivity index (χ4v) is 3.21. The molecule has 2 saturated heterocycles. The van der Waals surface area contributed by atoms with Gasteiger partial charge in [0, 0.05) is 24.9 Å². The maximum Gasteiger partial charge on any atom is 0.273 e. The van der Waals surface area contributed by atoms with E-state index in [-0.39, 0.29) is 11.9 Å². The van der Waals surface area contributed by atoms with Gasteiger partial charge in [0.05, 0.1) is 12.2 Å². The van der Waals surface area contributed by atoms with Gasteiger partial charge in [-0.15, -0.1) is 5.10 Å². The van der Waals surface area contributed by atoms with Crippen molar-refractivity contribution in [3.05, 3.63) is 11.9 Å². The van der Waals surface area contributed by atoms with E-state index < -0.39 is 0 Å². The summed E-state index contributed by atoms with van der Waals surface area (Å²) in [6.07, 6.45) is 3.99. The van der Waals surface area contributed by atoms with Crippen LogP contribution in [0.15, 0.2) is 6.20 Å². The highest BCUT2D eigenvalue weighted by atomic mass is 32.2. The maximum atomic E-state index is 12.0. The molecule has 1 aromatic heterocycles. The van der Waals surface area contributed by atoms with Crippen molar-refractivity contribution in [2.75, 3.05) is 24.6 Å². The van der Waals surface area contributed by atoms with Crippen molar-refractivity contribution in [2.45, 2.75) is 24.9 Å². The van der Waals surface area contributed by atoms with Gasteiger partial charge in [0.15, 0.2) is 5.69 Å². The minimum Gasteiger partial charge on any atom is -0.347 e. The van der Waals surface area contributed by atoms with E-state index in [1.54, 1.807) is 10.9 Å². The third-order valence-electron chi connectivity index (χ3n) is 3.37. The summed E-state index contributed by atoms with van der Waals surface area (Å²) in [6.45, 7) is 1.81. The molecule has 1 unspecified atom stereocenters. The molecule has 0 spiro atoms. The predicted octanol–water partition coefficient (Wildman–Crippen LogP) is 0.0478. The molecule has 0 aliphatic carbocycles. The number of rotatable bonds is 3. The quantitative estimate of drug-likeness (QED) is 0.809. The summed E-state index contributed by atoms with van der Waals surface area (Å²) in [5, 5.41) is 14.2. The molecular formula is C11H17N5OS. The molecule has 1 amide bonds. The zero-order valence-corrected chi connectivity index (χ0v) is 10.9. The van der Waals surface area contributed by atoms with Crippen LogP contribution in [-0.4, -0.2) is 51.5 Å². The summed E-state index contributed by atoms with van der Waals surface area (Å²) in [5.74, 6) is 2.12. The lowest BCUT2D eigenvalue weighted by Crippen LogP contribution is -2.43. The molecule has 98 valence electrons. The highest BCUT2D eigenvalue weighted by molar-refractivity contribution is 7.99. The number of nitrogens with zero attached hydrogens (tertiary/aromatic N) is 3. The number of hydrogen-bond donors (Lipinski definition) is 2. The summed E-state index contributed by atoms with van der Waals surface area (Å²) in [5.41, 5.74) is 0.428. The lowest BCUT2D eigenvalue weighted by atomic mass is 10.2. The van der Waals surface area contributed by atoms with Gasteiger partial charge in [-0.25, -0.2) is 4.68 Å². The maximum absolute atomic E-state index is 12.0. The second kappa shape index (κ2) is 5.27. The molecule has 2 aliphatic rings. The summed E-state index contributed by atoms with van der Waals surface area (Å²) in [7, 11) is 0. The van der Waals surface area contributed by atoms with E-state index in [1.165, 1.54) is 12.2 Å². The van der Waals surface area contributed by atoms with E-state index in [2.05, 4.69) is 20.9 Å². The average Bonchev–Trinajstić information content (AvgIpc) is 2.77. The van der Waals surface area contributed by atoms with Crippen molar-refractivity contribution in [1.29, 1.82) is 0 Å². The van der Waals surface area contributed by atoms with Crippen LogP contribution in [0.2, 0.25) is 0 Å². The van der Waals surface area contributed by atoms with Crippen LogP contribution in [0.5, 0.6) is 0 Å². The van der Waals surface area contributed by atoms with Gasteiger partial charge in [-0.2, -0.15) is 11.8 Å². The summed E-state index contributed by atoms with van der Waals surface area (Å²) < 4.78 is 1.78. The van der Waals surface area contributed by atoms with Crippen LogP contribution >= 0.6 is 11.8 Å². The Bertz CT molecular complexity index is 425. The first-order valence-electron chi connectivity index (χ1n) is 6.34. The third kappa shape index (κ3) is 2.51. The van der Waals surface area contributed by atoms with Crippen LogP contribution in [0, 0.1) is 0 Å². The molecule has 18 heavy (non-hydrogen) atoms. The van der Waals surface area contributed by atoms with Crippen molar-refractivity contribution >= 4 is 17.7 Å². The Morgan fingerprint density at radius 1 is 1.56 bits per heavy atom. The van der Waals surface area contributed by atoms with Crippen LogP contribution < -0.4 is 10.6 Å². The van der Waals surface area contributed by atoms with Crippen LogP contribution in [0.4, 0.5) is 0 Å². The second-order valence-electron chi connectivity index (χ2n) is 4.78. The molecule has 0 saturated carbocycles. The standard InChI is InChI=1S/C11H17N5OS/c17-11(13-8-2-1-3-18-7-8)10-6-16(15-14-10)9-4-12-5-9/h6,8-9,12H,1-5,7H2,(H,13,17). The summed E-state index contributed by atoms with van der Waals surface area (Å²) in [4.78, 5) is 12.0. The van der Waals surface area contributed by atoms with Gasteiger partial charge in [-0.3, -0.25) is 4.79 Å². The van der Waals surface area contributed by atoms with Gasteiger partial charge in [0.25, 0.3) is 5.91 Å². The van der Waals surface area contributed by atoms with Gasteiger partial charge >= 0.3 is 0 Å². The predicted molar refractivity (Wildman–Crippen MR) is 69.7 cm³/mol. The molecule has 3 heterocycles. The van der Waals surface area contributed by atoms with E-state index in [9.17, 15) is 4.79 Å². The van der Waals surface area contributed by atoms with Gasteiger partial charge in [-0.1, -0.05) is 5.21 Å². The Hall–Kier alpha value is -1.08. The van der Waals surface area contributed by atoms with Gasteiger partial charge in [-0.05, 0) is 18.6 Å². The second-order valence-corrected chi connectivity index (χ2v) is 5.93. The normalized spacial score (nSPS) is 24.6. The first kappa shape index (κ1) is 12.0. The summed E-state index contributed by atoms with van der Waals surface area (Å²) in [6, 6.07) is 0.635. The molecule has 1 atom stereocenters. The Labute approximate surface area is 110 Å². The zero-order chi connectivity index (χ0) is 12.4. The van der Waals surface area contributed by atoms with Crippen molar-refractivity contribution in [2.24, 2.45) is 0 Å². The van der Waals surface area contributed by atoms with Crippen LogP contribution in [0.1, 0.15) is 29.4 Å². The van der Waals surface area contributed by atoms with E-state index in [4.69, 9.17) is 0 Å². The van der Waals surface area contributed by atoms with E-state index in [1.807, 2.05) is 11.8 Å². The highest BCUT2D eigenvalue weighted by Gasteiger charge is 2.23. The average molecular weight is 267 g/mol. The molecular weight excluding hydrogens is 250 g/mol. The minimum absolute atomic E-state index is 0.0963. The Morgan fingerprint density at radius 3 is 3.11 bits per heavy atom. The van der Waals surface area contributed by atoms with Crippen LogP contribution in [0.3, 0.4) is 0 Å². The monoisotopic (exact) mass is 267 g/mol. The third-order valence-corrected chi connectivity index (χ3v) is 4.59.